The third-order valence-electron chi connectivity index (χ3n) is 5.97. The monoisotopic (exact) mass is 409 g/mol. The molecular formula is C24H31N3O3. The van der Waals surface area contributed by atoms with Crippen molar-refractivity contribution in [3.05, 3.63) is 54.1 Å². The summed E-state index contributed by atoms with van der Waals surface area (Å²) < 4.78 is 10.6. The summed E-state index contributed by atoms with van der Waals surface area (Å²) in [4.78, 5) is 19.8. The van der Waals surface area contributed by atoms with E-state index >= 15 is 0 Å². The number of rotatable bonds is 8. The molecule has 0 unspecified atom stereocenters. The molecule has 1 aliphatic carbocycles. The van der Waals surface area contributed by atoms with Crippen molar-refractivity contribution in [3.8, 4) is 11.5 Å². The number of hydrogen-bond donors (Lipinski definition) is 0. The van der Waals surface area contributed by atoms with E-state index in [2.05, 4.69) is 26.8 Å². The first kappa shape index (κ1) is 20.5. The number of piperazine rings is 1. The van der Waals surface area contributed by atoms with Crippen LogP contribution in [0.2, 0.25) is 0 Å². The van der Waals surface area contributed by atoms with Crippen molar-refractivity contribution in [1.82, 2.24) is 9.80 Å². The van der Waals surface area contributed by atoms with E-state index < -0.39 is 0 Å². The lowest BCUT2D eigenvalue weighted by Gasteiger charge is -2.36. The van der Waals surface area contributed by atoms with Crippen molar-refractivity contribution in [3.63, 3.8) is 0 Å². The van der Waals surface area contributed by atoms with Crippen LogP contribution in [0.1, 0.15) is 18.4 Å². The number of benzene rings is 2. The molecule has 2 aromatic rings. The lowest BCUT2D eigenvalue weighted by Crippen LogP contribution is -2.50. The Morgan fingerprint density at radius 1 is 0.967 bits per heavy atom. The fourth-order valence-corrected chi connectivity index (χ4v) is 3.99. The minimum atomic E-state index is 0.239. The van der Waals surface area contributed by atoms with Crippen LogP contribution in [0.3, 0.4) is 0 Å². The highest BCUT2D eigenvalue weighted by molar-refractivity contribution is 5.79. The van der Waals surface area contributed by atoms with Crippen LogP contribution >= 0.6 is 0 Å². The molecule has 1 amide bonds. The van der Waals surface area contributed by atoms with E-state index in [1.54, 1.807) is 14.2 Å². The Labute approximate surface area is 179 Å². The fourth-order valence-electron chi connectivity index (χ4n) is 3.99. The zero-order valence-electron chi connectivity index (χ0n) is 17.9. The maximum absolute atomic E-state index is 13.1. The molecular weight excluding hydrogens is 378 g/mol. The summed E-state index contributed by atoms with van der Waals surface area (Å²) in [6.45, 7) is 4.80. The maximum Gasteiger partial charge on any atom is 0.237 e. The van der Waals surface area contributed by atoms with Crippen LogP contribution in [-0.4, -0.2) is 68.7 Å². The summed E-state index contributed by atoms with van der Waals surface area (Å²) in [5, 5.41) is 0. The quantitative estimate of drug-likeness (QED) is 0.671. The number of nitrogens with zero attached hydrogens (tertiary/aromatic N) is 3. The molecule has 1 saturated heterocycles. The Morgan fingerprint density at radius 3 is 2.30 bits per heavy atom. The van der Waals surface area contributed by atoms with Gasteiger partial charge in [-0.05, 0) is 42.7 Å². The van der Waals surface area contributed by atoms with Gasteiger partial charge in [-0.1, -0.05) is 18.2 Å². The average Bonchev–Trinajstić information content (AvgIpc) is 3.63. The Kier molecular flexibility index (Phi) is 6.43. The van der Waals surface area contributed by atoms with E-state index in [0.717, 1.165) is 56.1 Å². The van der Waals surface area contributed by atoms with Crippen LogP contribution in [0.4, 0.5) is 5.69 Å². The van der Waals surface area contributed by atoms with E-state index in [1.165, 1.54) is 5.69 Å². The van der Waals surface area contributed by atoms with Crippen molar-refractivity contribution < 1.29 is 14.3 Å². The van der Waals surface area contributed by atoms with Crippen molar-refractivity contribution in [2.45, 2.75) is 25.4 Å². The smallest absolute Gasteiger partial charge is 0.237 e. The first-order valence-corrected chi connectivity index (χ1v) is 10.7. The molecule has 0 bridgehead atoms. The van der Waals surface area contributed by atoms with E-state index in [1.807, 2.05) is 36.4 Å². The van der Waals surface area contributed by atoms with E-state index in [0.29, 0.717) is 19.1 Å². The summed E-state index contributed by atoms with van der Waals surface area (Å²) in [6, 6.07) is 16.6. The third kappa shape index (κ3) is 5.05. The van der Waals surface area contributed by atoms with Gasteiger partial charge in [-0.3, -0.25) is 9.69 Å². The predicted molar refractivity (Wildman–Crippen MR) is 118 cm³/mol. The van der Waals surface area contributed by atoms with Gasteiger partial charge in [-0.25, -0.2) is 0 Å². The lowest BCUT2D eigenvalue weighted by molar-refractivity contribution is -0.133. The van der Waals surface area contributed by atoms with Crippen molar-refractivity contribution in [1.29, 1.82) is 0 Å². The first-order chi connectivity index (χ1) is 14.7. The van der Waals surface area contributed by atoms with Gasteiger partial charge >= 0.3 is 0 Å². The number of carbonyl (C=O) groups is 1. The molecule has 2 aliphatic rings. The van der Waals surface area contributed by atoms with Crippen molar-refractivity contribution in [2.75, 3.05) is 51.8 Å². The highest BCUT2D eigenvalue weighted by atomic mass is 16.5. The summed E-state index contributed by atoms with van der Waals surface area (Å²) in [6.07, 6.45) is 2.23. The van der Waals surface area contributed by atoms with Gasteiger partial charge in [-0.15, -0.1) is 0 Å². The fraction of sp³-hybridized carbons (Fsp3) is 0.458. The summed E-state index contributed by atoms with van der Waals surface area (Å²) >= 11 is 0. The average molecular weight is 410 g/mol. The molecule has 2 aromatic carbocycles. The molecule has 6 nitrogen and oxygen atoms in total. The van der Waals surface area contributed by atoms with Crippen LogP contribution in [0.15, 0.2) is 48.5 Å². The van der Waals surface area contributed by atoms with Crippen LogP contribution in [-0.2, 0) is 11.3 Å². The van der Waals surface area contributed by atoms with E-state index in [4.69, 9.17) is 9.47 Å². The molecule has 0 radical (unpaired) electrons. The summed E-state index contributed by atoms with van der Waals surface area (Å²) in [5.74, 6) is 1.96. The van der Waals surface area contributed by atoms with Gasteiger partial charge in [0.1, 0.15) is 11.5 Å². The molecule has 0 spiro atoms. The molecule has 0 aromatic heterocycles. The van der Waals surface area contributed by atoms with Crippen molar-refractivity contribution >= 4 is 11.6 Å². The number of carbonyl (C=O) groups excluding carboxylic acids is 1. The molecule has 160 valence electrons. The summed E-state index contributed by atoms with van der Waals surface area (Å²) in [5.41, 5.74) is 2.33. The zero-order valence-corrected chi connectivity index (χ0v) is 17.9. The van der Waals surface area contributed by atoms with Crippen LogP contribution in [0.25, 0.3) is 0 Å². The predicted octanol–water partition coefficient (Wildman–Crippen LogP) is 3.02. The second-order valence-corrected chi connectivity index (χ2v) is 8.07. The van der Waals surface area contributed by atoms with Gasteiger partial charge in [0.05, 0.1) is 20.8 Å². The largest absolute Gasteiger partial charge is 0.497 e. The standard InChI is InChI=1S/C24H31N3O3/c1-29-22-10-6-19(7-11-22)17-27(20-8-9-20)24(28)18-25-12-14-26(15-13-25)21-4-3-5-23(16-21)30-2/h3-7,10-11,16,20H,8-9,12-15,17-18H2,1-2H3. The molecule has 6 heteroatoms. The highest BCUT2D eigenvalue weighted by Crippen LogP contribution is 2.29. The minimum Gasteiger partial charge on any atom is -0.497 e. The van der Waals surface area contributed by atoms with Gasteiger partial charge in [0.2, 0.25) is 5.91 Å². The maximum atomic E-state index is 13.1. The van der Waals surface area contributed by atoms with Gasteiger partial charge in [0.15, 0.2) is 0 Å². The lowest BCUT2D eigenvalue weighted by atomic mass is 10.2. The third-order valence-corrected chi connectivity index (χ3v) is 5.97. The number of ether oxygens (including phenoxy) is 2. The topological polar surface area (TPSA) is 45.2 Å². The molecule has 1 aliphatic heterocycles. The highest BCUT2D eigenvalue weighted by Gasteiger charge is 2.33. The molecule has 0 N–H and O–H groups in total. The Bertz CT molecular complexity index is 843. The first-order valence-electron chi connectivity index (χ1n) is 10.7. The number of methoxy groups -OCH3 is 2. The zero-order chi connectivity index (χ0) is 20.9. The molecule has 2 fully saturated rings. The Balaban J connectivity index is 1.31. The van der Waals surface area contributed by atoms with Gasteiger partial charge in [-0.2, -0.15) is 0 Å². The molecule has 1 saturated carbocycles. The van der Waals surface area contributed by atoms with Crippen LogP contribution in [0.5, 0.6) is 11.5 Å². The Morgan fingerprint density at radius 2 is 1.67 bits per heavy atom. The van der Waals surface area contributed by atoms with Gasteiger partial charge in [0.25, 0.3) is 0 Å². The number of hydrogen-bond acceptors (Lipinski definition) is 5. The molecule has 1 heterocycles. The van der Waals surface area contributed by atoms with Gasteiger partial charge < -0.3 is 19.3 Å². The van der Waals surface area contributed by atoms with Crippen LogP contribution < -0.4 is 14.4 Å². The van der Waals surface area contributed by atoms with Crippen LogP contribution in [0, 0.1) is 0 Å². The molecule has 0 atom stereocenters. The summed E-state index contributed by atoms with van der Waals surface area (Å²) in [7, 11) is 3.36. The normalized spacial score (nSPS) is 16.9. The SMILES string of the molecule is COc1ccc(CN(C(=O)CN2CCN(c3cccc(OC)c3)CC2)C2CC2)cc1. The number of amides is 1. The van der Waals surface area contributed by atoms with Crippen molar-refractivity contribution in [2.24, 2.45) is 0 Å². The number of anilines is 1. The van der Waals surface area contributed by atoms with Gasteiger partial charge in [0, 0.05) is 50.5 Å². The second-order valence-electron chi connectivity index (χ2n) is 8.07. The second kappa shape index (κ2) is 9.39. The van der Waals surface area contributed by atoms with E-state index in [9.17, 15) is 4.79 Å². The molecule has 4 rings (SSSR count). The Hall–Kier alpha value is -2.73. The van der Waals surface area contributed by atoms with E-state index in [-0.39, 0.29) is 5.91 Å². The minimum absolute atomic E-state index is 0.239. The molecule has 30 heavy (non-hydrogen) atoms.